The highest BCUT2D eigenvalue weighted by Crippen LogP contribution is 2.42. The number of likely N-dealkylation sites (tertiary alicyclic amines) is 1. The minimum absolute atomic E-state index is 0.00814. The number of fused-ring (bicyclic) bond motifs is 1. The fourth-order valence-corrected chi connectivity index (χ4v) is 4.52. The predicted octanol–water partition coefficient (Wildman–Crippen LogP) is 4.83. The number of rotatable bonds is 7. The van der Waals surface area contributed by atoms with Gasteiger partial charge in [-0.1, -0.05) is 24.3 Å². The Kier molecular flexibility index (Phi) is 6.48. The number of ketones is 1. The van der Waals surface area contributed by atoms with Gasteiger partial charge in [-0.05, 0) is 67.4 Å². The van der Waals surface area contributed by atoms with Gasteiger partial charge in [-0.15, -0.1) is 0 Å². The Morgan fingerprint density at radius 3 is 2.32 bits per heavy atom. The zero-order valence-electron chi connectivity index (χ0n) is 20.8. The van der Waals surface area contributed by atoms with Crippen LogP contribution in [-0.2, 0) is 16.1 Å². The molecule has 3 aromatic carbocycles. The summed E-state index contributed by atoms with van der Waals surface area (Å²) in [5.74, 6) is 0.645. The van der Waals surface area contributed by atoms with Gasteiger partial charge in [-0.25, -0.2) is 0 Å². The van der Waals surface area contributed by atoms with Crippen LogP contribution in [0.4, 0.5) is 0 Å². The predicted molar refractivity (Wildman–Crippen MR) is 136 cm³/mol. The Bertz CT molecular complexity index is 1360. The minimum Gasteiger partial charge on any atom is -0.507 e. The third-order valence-electron chi connectivity index (χ3n) is 6.27. The molecule has 37 heavy (non-hydrogen) atoms. The molecule has 190 valence electrons. The highest BCUT2D eigenvalue weighted by atomic mass is 16.7. The SMILES string of the molecule is COc1ccc(C2/C(=C(/O)c3ccc4c(c3)OCO4)C(=O)C(=O)N2Cc2ccc(OC(C)C)cc2)cc1. The van der Waals surface area contributed by atoms with Crippen LogP contribution in [0.3, 0.4) is 0 Å². The molecule has 1 saturated heterocycles. The lowest BCUT2D eigenvalue weighted by Crippen LogP contribution is -2.29. The fourth-order valence-electron chi connectivity index (χ4n) is 4.52. The van der Waals surface area contributed by atoms with Gasteiger partial charge in [0.05, 0.1) is 24.8 Å². The minimum atomic E-state index is -0.803. The molecule has 0 aliphatic carbocycles. The summed E-state index contributed by atoms with van der Waals surface area (Å²) < 4.78 is 21.8. The van der Waals surface area contributed by atoms with Gasteiger partial charge in [0.1, 0.15) is 17.3 Å². The van der Waals surface area contributed by atoms with Crippen LogP contribution in [0.15, 0.2) is 72.3 Å². The van der Waals surface area contributed by atoms with Crippen molar-refractivity contribution in [3.8, 4) is 23.0 Å². The van der Waals surface area contributed by atoms with Crippen LogP contribution < -0.4 is 18.9 Å². The monoisotopic (exact) mass is 501 g/mol. The zero-order chi connectivity index (χ0) is 26.1. The molecule has 2 heterocycles. The number of benzene rings is 3. The summed E-state index contributed by atoms with van der Waals surface area (Å²) in [6.07, 6.45) is 0.0370. The van der Waals surface area contributed by atoms with Crippen molar-refractivity contribution in [2.75, 3.05) is 13.9 Å². The van der Waals surface area contributed by atoms with Gasteiger partial charge in [-0.3, -0.25) is 9.59 Å². The molecule has 0 spiro atoms. The Labute approximate surface area is 214 Å². The van der Waals surface area contributed by atoms with E-state index in [1.165, 1.54) is 4.90 Å². The van der Waals surface area contributed by atoms with Gasteiger partial charge < -0.3 is 29.0 Å². The highest BCUT2D eigenvalue weighted by molar-refractivity contribution is 6.46. The standard InChI is InChI=1S/C29H27NO7/c1-17(2)37-22-9-4-18(5-10-22)15-30-26(19-6-11-21(34-3)12-7-19)25(28(32)29(30)33)27(31)20-8-13-23-24(14-20)36-16-35-23/h4-14,17,26,31H,15-16H2,1-3H3/b27-25-. The average molecular weight is 502 g/mol. The molecule has 0 radical (unpaired) electrons. The first-order valence-electron chi connectivity index (χ1n) is 11.9. The van der Waals surface area contributed by atoms with Gasteiger partial charge in [0, 0.05) is 12.1 Å². The molecule has 1 amide bonds. The van der Waals surface area contributed by atoms with Crippen molar-refractivity contribution >= 4 is 17.4 Å². The summed E-state index contributed by atoms with van der Waals surface area (Å²) in [6, 6.07) is 18.6. The van der Waals surface area contributed by atoms with Crippen molar-refractivity contribution in [2.45, 2.75) is 32.5 Å². The molecule has 2 aliphatic rings. The van der Waals surface area contributed by atoms with Gasteiger partial charge in [0.25, 0.3) is 11.7 Å². The van der Waals surface area contributed by atoms with Crippen LogP contribution in [-0.4, -0.2) is 41.7 Å². The normalized spacial score (nSPS) is 17.9. The topological polar surface area (TPSA) is 94.5 Å². The molecular weight excluding hydrogens is 474 g/mol. The Morgan fingerprint density at radius 1 is 0.973 bits per heavy atom. The lowest BCUT2D eigenvalue weighted by atomic mass is 9.95. The number of ether oxygens (including phenoxy) is 4. The molecule has 8 nitrogen and oxygen atoms in total. The van der Waals surface area contributed by atoms with Crippen LogP contribution >= 0.6 is 0 Å². The third-order valence-corrected chi connectivity index (χ3v) is 6.27. The second-order valence-corrected chi connectivity index (χ2v) is 9.08. The molecule has 1 N–H and O–H groups in total. The summed E-state index contributed by atoms with van der Waals surface area (Å²) in [5.41, 5.74) is 1.85. The number of aliphatic hydroxyl groups excluding tert-OH is 1. The number of aliphatic hydroxyl groups is 1. The number of carbonyl (C=O) groups is 2. The molecule has 1 unspecified atom stereocenters. The quantitative estimate of drug-likeness (QED) is 0.281. The van der Waals surface area contributed by atoms with Crippen LogP contribution in [0.5, 0.6) is 23.0 Å². The summed E-state index contributed by atoms with van der Waals surface area (Å²) in [7, 11) is 1.56. The van der Waals surface area contributed by atoms with E-state index < -0.39 is 17.7 Å². The van der Waals surface area contributed by atoms with E-state index in [0.717, 1.165) is 11.3 Å². The average Bonchev–Trinajstić information content (AvgIpc) is 3.47. The molecule has 3 aromatic rings. The smallest absolute Gasteiger partial charge is 0.295 e. The molecule has 0 aromatic heterocycles. The van der Waals surface area contributed by atoms with E-state index >= 15 is 0 Å². The maximum atomic E-state index is 13.3. The molecule has 1 fully saturated rings. The van der Waals surface area contributed by atoms with Crippen LogP contribution in [0, 0.1) is 0 Å². The maximum Gasteiger partial charge on any atom is 0.295 e. The summed E-state index contributed by atoms with van der Waals surface area (Å²) >= 11 is 0. The Hall–Kier alpha value is -4.46. The first-order chi connectivity index (χ1) is 17.9. The van der Waals surface area contributed by atoms with Crippen LogP contribution in [0.25, 0.3) is 5.76 Å². The number of hydrogen-bond acceptors (Lipinski definition) is 7. The lowest BCUT2D eigenvalue weighted by Gasteiger charge is -2.25. The number of amides is 1. The van der Waals surface area contributed by atoms with E-state index in [2.05, 4.69) is 0 Å². The summed E-state index contributed by atoms with van der Waals surface area (Å²) in [5, 5.41) is 11.3. The van der Waals surface area contributed by atoms with Crippen molar-refractivity contribution in [1.29, 1.82) is 0 Å². The largest absolute Gasteiger partial charge is 0.507 e. The van der Waals surface area contributed by atoms with E-state index in [0.29, 0.717) is 28.4 Å². The summed E-state index contributed by atoms with van der Waals surface area (Å²) in [4.78, 5) is 28.1. The van der Waals surface area contributed by atoms with Crippen molar-refractivity contribution in [3.63, 3.8) is 0 Å². The number of Topliss-reactive ketones (excluding diaryl/α,β-unsaturated/α-hetero) is 1. The van der Waals surface area contributed by atoms with Crippen molar-refractivity contribution in [2.24, 2.45) is 0 Å². The third kappa shape index (κ3) is 4.70. The number of hydrogen-bond donors (Lipinski definition) is 1. The van der Waals surface area contributed by atoms with Gasteiger partial charge in [-0.2, -0.15) is 0 Å². The first kappa shape index (κ1) is 24.2. The Balaban J connectivity index is 1.56. The number of carbonyl (C=O) groups excluding carboxylic acids is 2. The van der Waals surface area contributed by atoms with E-state index in [1.807, 2.05) is 38.1 Å². The number of methoxy groups -OCH3 is 1. The lowest BCUT2D eigenvalue weighted by molar-refractivity contribution is -0.140. The molecule has 1 atom stereocenters. The highest BCUT2D eigenvalue weighted by Gasteiger charge is 2.46. The first-order valence-corrected chi connectivity index (χ1v) is 11.9. The van der Waals surface area contributed by atoms with Crippen molar-refractivity contribution in [1.82, 2.24) is 4.90 Å². The van der Waals surface area contributed by atoms with E-state index in [1.54, 1.807) is 49.6 Å². The van der Waals surface area contributed by atoms with Crippen LogP contribution in [0.2, 0.25) is 0 Å². The second kappa shape index (κ2) is 9.89. The van der Waals surface area contributed by atoms with E-state index in [-0.39, 0.29) is 30.8 Å². The number of nitrogens with zero attached hydrogens (tertiary/aromatic N) is 1. The molecule has 5 rings (SSSR count). The molecular formula is C29H27NO7. The molecule has 8 heteroatoms. The van der Waals surface area contributed by atoms with E-state index in [9.17, 15) is 14.7 Å². The zero-order valence-corrected chi connectivity index (χ0v) is 20.8. The van der Waals surface area contributed by atoms with Crippen molar-refractivity contribution < 1.29 is 33.6 Å². The second-order valence-electron chi connectivity index (χ2n) is 9.08. The molecule has 0 saturated carbocycles. The van der Waals surface area contributed by atoms with Crippen LogP contribution in [0.1, 0.15) is 36.6 Å². The molecule has 2 aliphatic heterocycles. The van der Waals surface area contributed by atoms with Crippen molar-refractivity contribution in [3.05, 3.63) is 89.0 Å². The van der Waals surface area contributed by atoms with Gasteiger partial charge in [0.2, 0.25) is 6.79 Å². The van der Waals surface area contributed by atoms with Gasteiger partial charge in [0.15, 0.2) is 11.5 Å². The maximum absolute atomic E-state index is 13.3. The fraction of sp³-hybridized carbons (Fsp3) is 0.241. The Morgan fingerprint density at radius 2 is 1.65 bits per heavy atom. The summed E-state index contributed by atoms with van der Waals surface area (Å²) in [6.45, 7) is 4.14. The molecule has 0 bridgehead atoms. The van der Waals surface area contributed by atoms with E-state index in [4.69, 9.17) is 18.9 Å². The van der Waals surface area contributed by atoms with Gasteiger partial charge >= 0.3 is 0 Å².